The first-order chi connectivity index (χ1) is 10.9. The van der Waals surface area contributed by atoms with Crippen LogP contribution in [-0.4, -0.2) is 25.5 Å². The monoisotopic (exact) mass is 319 g/mol. The Balaban J connectivity index is 2.22. The van der Waals surface area contributed by atoms with E-state index in [0.717, 1.165) is 12.1 Å². The van der Waals surface area contributed by atoms with Gasteiger partial charge < -0.3 is 10.2 Å². The zero-order valence-corrected chi connectivity index (χ0v) is 12.8. The average Bonchev–Trinajstić information content (AvgIpc) is 2.49. The SMILES string of the molecule is CN(C)C(CNc1c(F)cc(C#N)cc1F)c1cccc(F)c1. The molecule has 0 amide bonds. The summed E-state index contributed by atoms with van der Waals surface area (Å²) in [6.07, 6.45) is 0. The average molecular weight is 319 g/mol. The van der Waals surface area contributed by atoms with E-state index in [9.17, 15) is 13.2 Å². The van der Waals surface area contributed by atoms with E-state index in [1.807, 2.05) is 4.90 Å². The van der Waals surface area contributed by atoms with Gasteiger partial charge >= 0.3 is 0 Å². The largest absolute Gasteiger partial charge is 0.378 e. The number of nitrogens with zero attached hydrogens (tertiary/aromatic N) is 2. The van der Waals surface area contributed by atoms with Crippen molar-refractivity contribution in [3.8, 4) is 6.07 Å². The fourth-order valence-corrected chi connectivity index (χ4v) is 2.32. The maximum atomic E-state index is 13.9. The fourth-order valence-electron chi connectivity index (χ4n) is 2.32. The molecule has 1 atom stereocenters. The first kappa shape index (κ1) is 16.8. The van der Waals surface area contributed by atoms with Gasteiger partial charge in [0.15, 0.2) is 11.6 Å². The molecule has 0 saturated carbocycles. The second kappa shape index (κ2) is 7.16. The predicted molar refractivity (Wildman–Crippen MR) is 82.4 cm³/mol. The van der Waals surface area contributed by atoms with Crippen LogP contribution in [-0.2, 0) is 0 Å². The van der Waals surface area contributed by atoms with Crippen LogP contribution in [0.3, 0.4) is 0 Å². The highest BCUT2D eigenvalue weighted by molar-refractivity contribution is 5.50. The van der Waals surface area contributed by atoms with Gasteiger partial charge in [-0.1, -0.05) is 12.1 Å². The second-order valence-corrected chi connectivity index (χ2v) is 5.34. The minimum absolute atomic E-state index is 0.0835. The Morgan fingerprint density at radius 1 is 1.13 bits per heavy atom. The molecule has 0 aliphatic carbocycles. The third kappa shape index (κ3) is 4.02. The van der Waals surface area contributed by atoms with Gasteiger partial charge in [-0.15, -0.1) is 0 Å². The van der Waals surface area contributed by atoms with Crippen LogP contribution in [0.4, 0.5) is 18.9 Å². The van der Waals surface area contributed by atoms with Crippen molar-refractivity contribution >= 4 is 5.69 Å². The summed E-state index contributed by atoms with van der Waals surface area (Å²) in [5.74, 6) is -2.04. The molecule has 0 aromatic heterocycles. The highest BCUT2D eigenvalue weighted by Gasteiger charge is 2.17. The topological polar surface area (TPSA) is 39.1 Å². The van der Waals surface area contributed by atoms with Crippen molar-refractivity contribution in [3.05, 3.63) is 65.0 Å². The first-order valence-electron chi connectivity index (χ1n) is 6.97. The maximum absolute atomic E-state index is 13.9. The molecule has 23 heavy (non-hydrogen) atoms. The van der Waals surface area contributed by atoms with Crippen molar-refractivity contribution in [1.82, 2.24) is 4.90 Å². The minimum Gasteiger partial charge on any atom is -0.378 e. The summed E-state index contributed by atoms with van der Waals surface area (Å²) < 4.78 is 41.2. The van der Waals surface area contributed by atoms with Gasteiger partial charge in [0.05, 0.1) is 17.7 Å². The lowest BCUT2D eigenvalue weighted by Crippen LogP contribution is -2.27. The summed E-state index contributed by atoms with van der Waals surface area (Å²) in [5, 5.41) is 11.4. The highest BCUT2D eigenvalue weighted by Crippen LogP contribution is 2.24. The van der Waals surface area contributed by atoms with Crippen molar-refractivity contribution < 1.29 is 13.2 Å². The fraction of sp³-hybridized carbons (Fsp3) is 0.235. The number of anilines is 1. The Kier molecular flexibility index (Phi) is 5.24. The number of nitriles is 1. The Morgan fingerprint density at radius 2 is 1.78 bits per heavy atom. The van der Waals surface area contributed by atoms with Crippen LogP contribution in [0.1, 0.15) is 17.2 Å². The zero-order chi connectivity index (χ0) is 17.0. The number of hydrogen-bond donors (Lipinski definition) is 1. The van der Waals surface area contributed by atoms with Gasteiger partial charge in [0.1, 0.15) is 11.5 Å². The van der Waals surface area contributed by atoms with Gasteiger partial charge in [0.2, 0.25) is 0 Å². The third-order valence-electron chi connectivity index (χ3n) is 3.50. The van der Waals surface area contributed by atoms with Gasteiger partial charge in [-0.3, -0.25) is 0 Å². The van der Waals surface area contributed by atoms with E-state index in [-0.39, 0.29) is 29.7 Å². The van der Waals surface area contributed by atoms with E-state index >= 15 is 0 Å². The van der Waals surface area contributed by atoms with Crippen molar-refractivity contribution in [2.75, 3.05) is 26.0 Å². The number of halogens is 3. The molecule has 3 nitrogen and oxygen atoms in total. The van der Waals surface area contributed by atoms with Crippen LogP contribution in [0, 0.1) is 28.8 Å². The standard InChI is InChI=1S/C17H16F3N3/c1-23(2)16(12-4-3-5-13(18)8-12)10-22-17-14(19)6-11(9-21)7-15(17)20/h3-8,16,22H,10H2,1-2H3. The van der Waals surface area contributed by atoms with Gasteiger partial charge in [0.25, 0.3) is 0 Å². The van der Waals surface area contributed by atoms with Gasteiger partial charge in [-0.25, -0.2) is 13.2 Å². The van der Waals surface area contributed by atoms with Crippen LogP contribution < -0.4 is 5.32 Å². The molecule has 0 spiro atoms. The molecule has 0 aliphatic rings. The molecule has 6 heteroatoms. The van der Waals surface area contributed by atoms with E-state index in [4.69, 9.17) is 5.26 Å². The molecule has 0 saturated heterocycles. The van der Waals surface area contributed by atoms with E-state index in [1.165, 1.54) is 12.1 Å². The van der Waals surface area contributed by atoms with Crippen LogP contribution in [0.5, 0.6) is 0 Å². The van der Waals surface area contributed by atoms with Gasteiger partial charge in [0, 0.05) is 6.54 Å². The summed E-state index contributed by atoms with van der Waals surface area (Å²) >= 11 is 0. The number of nitrogens with one attached hydrogen (secondary N) is 1. The molecular formula is C17H16F3N3. The smallest absolute Gasteiger partial charge is 0.150 e. The molecule has 1 unspecified atom stereocenters. The molecular weight excluding hydrogens is 303 g/mol. The maximum Gasteiger partial charge on any atom is 0.150 e. The Labute approximate surface area is 133 Å². The second-order valence-electron chi connectivity index (χ2n) is 5.34. The Morgan fingerprint density at radius 3 is 2.30 bits per heavy atom. The van der Waals surface area contributed by atoms with Crippen LogP contribution >= 0.6 is 0 Å². The normalized spacial score (nSPS) is 12.0. The Bertz CT molecular complexity index is 715. The van der Waals surface area contributed by atoms with Crippen LogP contribution in [0.2, 0.25) is 0 Å². The Hall–Kier alpha value is -2.52. The lowest BCUT2D eigenvalue weighted by molar-refractivity contribution is 0.310. The highest BCUT2D eigenvalue weighted by atomic mass is 19.1. The quantitative estimate of drug-likeness (QED) is 0.913. The summed E-state index contributed by atoms with van der Waals surface area (Å²) in [5.41, 5.74) is 0.309. The van der Waals surface area contributed by atoms with Crippen LogP contribution in [0.25, 0.3) is 0 Å². The molecule has 0 bridgehead atoms. The minimum atomic E-state index is -0.835. The summed E-state index contributed by atoms with van der Waals surface area (Å²) in [6.45, 7) is 0.177. The molecule has 120 valence electrons. The van der Waals surface area contributed by atoms with Crippen molar-refractivity contribution in [2.24, 2.45) is 0 Å². The number of rotatable bonds is 5. The summed E-state index contributed by atoms with van der Waals surface area (Å²) in [4.78, 5) is 1.82. The van der Waals surface area contributed by atoms with Crippen molar-refractivity contribution in [2.45, 2.75) is 6.04 Å². The van der Waals surface area contributed by atoms with E-state index < -0.39 is 11.6 Å². The van der Waals surface area contributed by atoms with Crippen molar-refractivity contribution in [3.63, 3.8) is 0 Å². The predicted octanol–water partition coefficient (Wildman–Crippen LogP) is 3.69. The third-order valence-corrected chi connectivity index (χ3v) is 3.50. The number of likely N-dealkylation sites (N-methyl/N-ethyl adjacent to an activating group) is 1. The molecule has 2 aromatic carbocycles. The van der Waals surface area contributed by atoms with Crippen molar-refractivity contribution in [1.29, 1.82) is 5.26 Å². The van der Waals surface area contributed by atoms with E-state index in [0.29, 0.717) is 5.56 Å². The summed E-state index contributed by atoms with van der Waals surface area (Å²) in [6, 6.07) is 9.42. The zero-order valence-electron chi connectivity index (χ0n) is 12.8. The molecule has 0 fully saturated rings. The molecule has 0 heterocycles. The van der Waals surface area contributed by atoms with Gasteiger partial charge in [-0.2, -0.15) is 5.26 Å². The van der Waals surface area contributed by atoms with Gasteiger partial charge in [-0.05, 0) is 43.9 Å². The van der Waals surface area contributed by atoms with Crippen LogP contribution in [0.15, 0.2) is 36.4 Å². The first-order valence-corrected chi connectivity index (χ1v) is 6.97. The number of hydrogen-bond acceptors (Lipinski definition) is 3. The van der Waals surface area contributed by atoms with E-state index in [2.05, 4.69) is 5.32 Å². The summed E-state index contributed by atoms with van der Waals surface area (Å²) in [7, 11) is 3.59. The molecule has 0 aliphatic heterocycles. The van der Waals surface area contributed by atoms with E-state index in [1.54, 1.807) is 32.3 Å². The molecule has 0 radical (unpaired) electrons. The molecule has 2 rings (SSSR count). The lowest BCUT2D eigenvalue weighted by Gasteiger charge is -2.26. The molecule has 1 N–H and O–H groups in total. The lowest BCUT2D eigenvalue weighted by atomic mass is 10.1. The number of benzene rings is 2. The molecule has 2 aromatic rings.